The van der Waals surface area contributed by atoms with Crippen LogP contribution in [0.15, 0.2) is 60.8 Å². The molecule has 3 nitrogen and oxygen atoms in total. The third-order valence-electron chi connectivity index (χ3n) is 4.61. The van der Waals surface area contributed by atoms with Crippen molar-refractivity contribution in [1.82, 2.24) is 0 Å². The molecule has 0 spiro atoms. The van der Waals surface area contributed by atoms with Gasteiger partial charge in [0.25, 0.3) is 0 Å². The van der Waals surface area contributed by atoms with Gasteiger partial charge < -0.3 is 9.84 Å². The van der Waals surface area contributed by atoms with Gasteiger partial charge in [-0.05, 0) is 57.8 Å². The van der Waals surface area contributed by atoms with E-state index in [9.17, 15) is 4.79 Å². The lowest BCUT2D eigenvalue weighted by molar-refractivity contribution is -0.156. The highest BCUT2D eigenvalue weighted by molar-refractivity contribution is 5.72. The molecule has 0 amide bonds. The maximum atomic E-state index is 12.1. The molecule has 0 radical (unpaired) electrons. The minimum absolute atomic E-state index is 0.0855. The van der Waals surface area contributed by atoms with Crippen LogP contribution in [0.5, 0.6) is 0 Å². The van der Waals surface area contributed by atoms with Crippen LogP contribution in [0.4, 0.5) is 0 Å². The minimum atomic E-state index is -0.370. The third kappa shape index (κ3) is 16.8. The molecular formula is C26H42O3. The van der Waals surface area contributed by atoms with E-state index < -0.39 is 0 Å². The summed E-state index contributed by atoms with van der Waals surface area (Å²) in [6.45, 7) is 5.96. The van der Waals surface area contributed by atoms with E-state index in [1.807, 2.05) is 13.8 Å². The first-order valence-corrected chi connectivity index (χ1v) is 11.3. The van der Waals surface area contributed by atoms with Gasteiger partial charge in [0.1, 0.15) is 6.10 Å². The van der Waals surface area contributed by atoms with Gasteiger partial charge in [0.15, 0.2) is 0 Å². The lowest BCUT2D eigenvalue weighted by atomic mass is 10.00. The zero-order valence-corrected chi connectivity index (χ0v) is 18.8. The van der Waals surface area contributed by atoms with E-state index in [2.05, 4.69) is 67.7 Å². The molecule has 0 aliphatic carbocycles. The number of allylic oxidation sites excluding steroid dienone is 10. The number of ether oxygens (including phenoxy) is 1. The molecule has 2 atom stereocenters. The topological polar surface area (TPSA) is 46.5 Å². The molecule has 0 aliphatic heterocycles. The molecule has 0 aromatic heterocycles. The zero-order valence-electron chi connectivity index (χ0n) is 18.8. The second kappa shape index (κ2) is 20.9. The molecule has 0 aliphatic rings. The van der Waals surface area contributed by atoms with E-state index >= 15 is 0 Å². The maximum Gasteiger partial charge on any atom is 0.309 e. The standard InChI is InChI=1S/C26H42O3/c1-4-7-8-9-10-11-12-13-14-15-16-17-18-19-20-21-22-24(5-2)26(28)29-25(6-3)23-27/h7-8,10-11,13-14,16-17,19-20,24-25,27H,4-6,9,12,15,18,21-23H2,1-3H3/b8-7-,11-10-,14-13-,17-16-,20-19-. The van der Waals surface area contributed by atoms with Crippen LogP contribution in [0.2, 0.25) is 0 Å². The van der Waals surface area contributed by atoms with E-state index in [0.717, 1.165) is 51.4 Å². The van der Waals surface area contributed by atoms with Gasteiger partial charge in [-0.1, -0.05) is 81.5 Å². The van der Waals surface area contributed by atoms with Crippen LogP contribution in [-0.4, -0.2) is 23.8 Å². The van der Waals surface area contributed by atoms with Crippen LogP contribution in [0.25, 0.3) is 0 Å². The van der Waals surface area contributed by atoms with Crippen molar-refractivity contribution in [2.75, 3.05) is 6.61 Å². The predicted molar refractivity (Wildman–Crippen MR) is 125 cm³/mol. The summed E-state index contributed by atoms with van der Waals surface area (Å²) in [5, 5.41) is 9.15. The average Bonchev–Trinajstić information content (AvgIpc) is 2.74. The summed E-state index contributed by atoms with van der Waals surface area (Å²) in [7, 11) is 0. The highest BCUT2D eigenvalue weighted by Crippen LogP contribution is 2.15. The Labute approximate surface area is 178 Å². The minimum Gasteiger partial charge on any atom is -0.460 e. The van der Waals surface area contributed by atoms with Gasteiger partial charge in [0.2, 0.25) is 0 Å². The number of rotatable bonds is 17. The third-order valence-corrected chi connectivity index (χ3v) is 4.61. The molecule has 0 fully saturated rings. The number of aliphatic hydroxyl groups excluding tert-OH is 1. The van der Waals surface area contributed by atoms with Gasteiger partial charge in [-0.3, -0.25) is 4.79 Å². The predicted octanol–water partition coefficient (Wildman–Crippen LogP) is 6.86. The molecule has 2 unspecified atom stereocenters. The van der Waals surface area contributed by atoms with Gasteiger partial charge in [-0.15, -0.1) is 0 Å². The number of aliphatic hydroxyl groups is 1. The lowest BCUT2D eigenvalue weighted by Crippen LogP contribution is -2.26. The summed E-state index contributed by atoms with van der Waals surface area (Å²) in [4.78, 5) is 12.1. The Morgan fingerprint density at radius 2 is 1.24 bits per heavy atom. The second-order valence-electron chi connectivity index (χ2n) is 7.04. The van der Waals surface area contributed by atoms with E-state index in [-0.39, 0.29) is 24.6 Å². The van der Waals surface area contributed by atoms with Crippen molar-refractivity contribution in [3.05, 3.63) is 60.8 Å². The Bertz CT molecular complexity index is 522. The number of hydrogen-bond acceptors (Lipinski definition) is 3. The Morgan fingerprint density at radius 1 is 0.759 bits per heavy atom. The molecule has 0 heterocycles. The molecule has 29 heavy (non-hydrogen) atoms. The Balaban J connectivity index is 3.86. The second-order valence-corrected chi connectivity index (χ2v) is 7.04. The van der Waals surface area contributed by atoms with Crippen molar-refractivity contribution < 1.29 is 14.6 Å². The quantitative estimate of drug-likeness (QED) is 0.213. The van der Waals surface area contributed by atoms with E-state index in [4.69, 9.17) is 9.84 Å². The molecular weight excluding hydrogens is 360 g/mol. The molecule has 0 saturated carbocycles. The van der Waals surface area contributed by atoms with Gasteiger partial charge in [-0.2, -0.15) is 0 Å². The Hall–Kier alpha value is -1.87. The molecule has 1 N–H and O–H groups in total. The van der Waals surface area contributed by atoms with Crippen molar-refractivity contribution in [3.63, 3.8) is 0 Å². The van der Waals surface area contributed by atoms with Crippen LogP contribution in [0.1, 0.15) is 78.6 Å². The first-order valence-electron chi connectivity index (χ1n) is 11.3. The van der Waals surface area contributed by atoms with Crippen molar-refractivity contribution in [2.24, 2.45) is 5.92 Å². The van der Waals surface area contributed by atoms with Crippen LogP contribution in [0.3, 0.4) is 0 Å². The van der Waals surface area contributed by atoms with Gasteiger partial charge in [0, 0.05) is 0 Å². The van der Waals surface area contributed by atoms with Crippen LogP contribution < -0.4 is 0 Å². The fraction of sp³-hybridized carbons (Fsp3) is 0.577. The molecule has 164 valence electrons. The molecule has 3 heteroatoms. The smallest absolute Gasteiger partial charge is 0.309 e. The summed E-state index contributed by atoms with van der Waals surface area (Å²) >= 11 is 0. The SMILES string of the molecule is CC/C=C\C/C=C\C/C=C\C/C=C\C/C=C\CCC(CC)C(=O)OC(CC)CO. The number of carbonyl (C=O) groups is 1. The lowest BCUT2D eigenvalue weighted by Gasteiger charge is -2.18. The van der Waals surface area contributed by atoms with Gasteiger partial charge in [-0.25, -0.2) is 0 Å². The van der Waals surface area contributed by atoms with Crippen LogP contribution in [0, 0.1) is 5.92 Å². The molecule has 0 aromatic carbocycles. The molecule has 0 bridgehead atoms. The average molecular weight is 403 g/mol. The highest BCUT2D eigenvalue weighted by atomic mass is 16.6. The summed E-state index contributed by atoms with van der Waals surface area (Å²) in [6, 6.07) is 0. The van der Waals surface area contributed by atoms with E-state index in [0.29, 0.717) is 6.42 Å². The highest BCUT2D eigenvalue weighted by Gasteiger charge is 2.20. The first-order chi connectivity index (χ1) is 14.2. The fourth-order valence-electron chi connectivity index (χ4n) is 2.66. The van der Waals surface area contributed by atoms with Gasteiger partial charge in [0.05, 0.1) is 12.5 Å². The Kier molecular flexibility index (Phi) is 19.5. The number of hydrogen-bond donors (Lipinski definition) is 1. The zero-order chi connectivity index (χ0) is 21.6. The fourth-order valence-corrected chi connectivity index (χ4v) is 2.66. The molecule has 0 aromatic rings. The van der Waals surface area contributed by atoms with Crippen molar-refractivity contribution in [1.29, 1.82) is 0 Å². The maximum absolute atomic E-state index is 12.1. The van der Waals surface area contributed by atoms with Gasteiger partial charge >= 0.3 is 5.97 Å². The number of esters is 1. The largest absolute Gasteiger partial charge is 0.460 e. The summed E-state index contributed by atoms with van der Waals surface area (Å²) in [5.74, 6) is -0.265. The van der Waals surface area contributed by atoms with Crippen LogP contribution >= 0.6 is 0 Å². The first kappa shape index (κ1) is 27.1. The van der Waals surface area contributed by atoms with E-state index in [1.165, 1.54) is 0 Å². The summed E-state index contributed by atoms with van der Waals surface area (Å²) < 4.78 is 5.34. The van der Waals surface area contributed by atoms with Crippen molar-refractivity contribution in [2.45, 2.75) is 84.7 Å². The summed E-state index contributed by atoms with van der Waals surface area (Å²) in [5.41, 5.74) is 0. The van der Waals surface area contributed by atoms with Crippen molar-refractivity contribution in [3.8, 4) is 0 Å². The normalized spacial score (nSPS) is 14.8. The summed E-state index contributed by atoms with van der Waals surface area (Å²) in [6.07, 6.45) is 29.5. The molecule has 0 saturated heterocycles. The number of carbonyl (C=O) groups excluding carboxylic acids is 1. The monoisotopic (exact) mass is 402 g/mol. The molecule has 0 rings (SSSR count). The van der Waals surface area contributed by atoms with Crippen LogP contribution in [-0.2, 0) is 9.53 Å². The van der Waals surface area contributed by atoms with Crippen molar-refractivity contribution >= 4 is 5.97 Å². The Morgan fingerprint density at radius 3 is 1.66 bits per heavy atom. The van der Waals surface area contributed by atoms with E-state index in [1.54, 1.807) is 0 Å².